The number of nitrogens with zero attached hydrogens (tertiary/aromatic N) is 4. The summed E-state index contributed by atoms with van der Waals surface area (Å²) in [5, 5.41) is 19.3. The molecule has 0 bridgehead atoms. The number of carbonyl (C=O) groups excluding carboxylic acids is 1. The number of hydrazone groups is 1. The lowest BCUT2D eigenvalue weighted by atomic mass is 9.93. The van der Waals surface area contributed by atoms with Crippen LogP contribution in [0.5, 0.6) is 17.2 Å². The molecular formula is C40H48ClN9O4. The maximum absolute atomic E-state index is 11.4. The first-order valence-electron chi connectivity index (χ1n) is 17.9. The van der Waals surface area contributed by atoms with Crippen LogP contribution in [0.2, 0.25) is 5.02 Å². The number of guanidine groups is 1. The van der Waals surface area contributed by atoms with Gasteiger partial charge in [0.2, 0.25) is 11.9 Å². The molecule has 0 spiro atoms. The summed E-state index contributed by atoms with van der Waals surface area (Å²) in [7, 11) is 0. The Morgan fingerprint density at radius 1 is 0.981 bits per heavy atom. The molecule has 1 aliphatic heterocycles. The first-order chi connectivity index (χ1) is 26.2. The predicted octanol–water partition coefficient (Wildman–Crippen LogP) is 5.20. The Hall–Kier alpha value is -5.55. The Morgan fingerprint density at radius 3 is 2.44 bits per heavy atom. The highest BCUT2D eigenvalue weighted by Gasteiger charge is 2.20. The highest BCUT2D eigenvalue weighted by molar-refractivity contribution is 6.32. The van der Waals surface area contributed by atoms with Crippen molar-refractivity contribution in [2.45, 2.75) is 65.8 Å². The van der Waals surface area contributed by atoms with Crippen molar-refractivity contribution in [2.75, 3.05) is 26.2 Å². The van der Waals surface area contributed by atoms with Crippen LogP contribution in [0.25, 0.3) is 11.1 Å². The Bertz CT molecular complexity index is 1980. The summed E-state index contributed by atoms with van der Waals surface area (Å²) in [5.74, 6) is 12.9. The van der Waals surface area contributed by atoms with Gasteiger partial charge in [-0.05, 0) is 79.1 Å². The smallest absolute Gasteiger partial charge is 0.227 e. The number of nitriles is 1. The number of hydrogen-bond acceptors (Lipinski definition) is 10. The van der Waals surface area contributed by atoms with E-state index in [0.29, 0.717) is 34.3 Å². The lowest BCUT2D eigenvalue weighted by Gasteiger charge is -2.32. The standard InChI is InChI=1S/C40H48ClN9O4/c1-26-31(7-4-8-34(26)35-9-5-10-37(27(35)2)52-16-6-13-50-14-11-33(12-15-50)47-28(3)51)25-54-39-19-38(53-24-30-17-29(20-42)21-45-22-30)32(18-36(39)41)23-46-40(48-43)49-44/h4-5,7-10,17-19,21-22,33H,6,11-16,23-25,43-44H2,1-3H3,(H,47,51)(H2,46,48,49). The van der Waals surface area contributed by atoms with Crippen LogP contribution in [-0.2, 0) is 24.6 Å². The number of halogens is 1. The molecule has 54 heavy (non-hydrogen) atoms. The maximum atomic E-state index is 11.4. The number of piperidine rings is 1. The molecule has 1 aliphatic rings. The molecule has 13 nitrogen and oxygen atoms in total. The fraction of sp³-hybridized carbons (Fsp3) is 0.350. The highest BCUT2D eigenvalue weighted by atomic mass is 35.5. The third kappa shape index (κ3) is 10.8. The quantitative estimate of drug-likeness (QED) is 0.0353. The predicted molar refractivity (Wildman–Crippen MR) is 210 cm³/mol. The first-order valence-corrected chi connectivity index (χ1v) is 18.3. The van der Waals surface area contributed by atoms with Crippen LogP contribution < -0.4 is 42.0 Å². The van der Waals surface area contributed by atoms with Gasteiger partial charge < -0.3 is 35.6 Å². The summed E-state index contributed by atoms with van der Waals surface area (Å²) >= 11 is 6.75. The Kier molecular flexibility index (Phi) is 14.3. The number of likely N-dealkylation sites (tertiary alicyclic amines) is 1. The number of benzene rings is 3. The van der Waals surface area contributed by atoms with Crippen molar-refractivity contribution in [1.29, 1.82) is 5.26 Å². The van der Waals surface area contributed by atoms with Gasteiger partial charge in [0, 0.05) is 68.7 Å². The Labute approximate surface area is 321 Å². The molecule has 0 radical (unpaired) electrons. The van der Waals surface area contributed by atoms with E-state index in [1.165, 1.54) is 6.20 Å². The third-order valence-electron chi connectivity index (χ3n) is 9.42. The first kappa shape index (κ1) is 39.7. The van der Waals surface area contributed by atoms with Gasteiger partial charge in [0.25, 0.3) is 0 Å². The number of hydrogen-bond donors (Lipinski definition) is 5. The van der Waals surface area contributed by atoms with Crippen LogP contribution in [0.1, 0.15) is 59.6 Å². The van der Waals surface area contributed by atoms with Crippen molar-refractivity contribution >= 4 is 23.5 Å². The van der Waals surface area contributed by atoms with Crippen molar-refractivity contribution in [3.8, 4) is 34.4 Å². The zero-order chi connectivity index (χ0) is 38.5. The van der Waals surface area contributed by atoms with Gasteiger partial charge in [-0.3, -0.25) is 15.2 Å². The molecule has 1 saturated heterocycles. The summed E-state index contributed by atoms with van der Waals surface area (Å²) < 4.78 is 18.8. The van der Waals surface area contributed by atoms with Crippen LogP contribution in [-0.4, -0.2) is 54.0 Å². The Morgan fingerprint density at radius 2 is 1.72 bits per heavy atom. The lowest BCUT2D eigenvalue weighted by Crippen LogP contribution is -2.44. The molecule has 5 rings (SSSR count). The number of nitrogens with one attached hydrogen (secondary N) is 3. The normalized spacial score (nSPS) is 13.5. The number of nitrogens with two attached hydrogens (primary N) is 2. The van der Waals surface area contributed by atoms with E-state index in [0.717, 1.165) is 78.0 Å². The molecule has 4 aromatic rings. The molecule has 1 fully saturated rings. The molecule has 0 atom stereocenters. The second-order valence-electron chi connectivity index (χ2n) is 13.2. The van der Waals surface area contributed by atoms with Gasteiger partial charge in [0.1, 0.15) is 36.5 Å². The van der Waals surface area contributed by atoms with Crippen LogP contribution in [0.4, 0.5) is 0 Å². The van der Waals surface area contributed by atoms with Crippen molar-refractivity contribution in [3.05, 3.63) is 105 Å². The minimum Gasteiger partial charge on any atom is -0.493 e. The topological polar surface area (TPSA) is 185 Å². The highest BCUT2D eigenvalue weighted by Crippen LogP contribution is 2.36. The molecule has 0 unspecified atom stereocenters. The van der Waals surface area contributed by atoms with Gasteiger partial charge in [-0.15, -0.1) is 5.10 Å². The monoisotopic (exact) mass is 753 g/mol. The summed E-state index contributed by atoms with van der Waals surface area (Å²) in [6.45, 7) is 9.99. The van der Waals surface area contributed by atoms with E-state index in [1.54, 1.807) is 31.3 Å². The summed E-state index contributed by atoms with van der Waals surface area (Å²) in [6, 6.07) is 19.9. The zero-order valence-corrected chi connectivity index (χ0v) is 31.7. The van der Waals surface area contributed by atoms with Crippen molar-refractivity contribution in [2.24, 2.45) is 16.8 Å². The summed E-state index contributed by atoms with van der Waals surface area (Å²) in [5.41, 5.74) is 9.61. The van der Waals surface area contributed by atoms with Gasteiger partial charge in [-0.25, -0.2) is 5.84 Å². The van der Waals surface area contributed by atoms with Crippen molar-refractivity contribution in [3.63, 3.8) is 0 Å². The van der Waals surface area contributed by atoms with Crippen LogP contribution in [0.3, 0.4) is 0 Å². The number of pyridine rings is 1. The van der Waals surface area contributed by atoms with Gasteiger partial charge in [0.05, 0.1) is 17.2 Å². The number of carbonyl (C=O) groups is 1. The maximum Gasteiger partial charge on any atom is 0.227 e. The van der Waals surface area contributed by atoms with E-state index in [-0.39, 0.29) is 37.7 Å². The molecule has 1 aromatic heterocycles. The third-order valence-corrected chi connectivity index (χ3v) is 9.72. The summed E-state index contributed by atoms with van der Waals surface area (Å²) in [4.78, 5) is 17.9. The fourth-order valence-electron chi connectivity index (χ4n) is 6.47. The van der Waals surface area contributed by atoms with Gasteiger partial charge >= 0.3 is 0 Å². The van der Waals surface area contributed by atoms with E-state index < -0.39 is 0 Å². The van der Waals surface area contributed by atoms with Crippen LogP contribution in [0.15, 0.2) is 72.1 Å². The fourth-order valence-corrected chi connectivity index (χ4v) is 6.71. The second-order valence-corrected chi connectivity index (χ2v) is 13.6. The van der Waals surface area contributed by atoms with Crippen molar-refractivity contribution in [1.82, 2.24) is 25.9 Å². The number of rotatable bonds is 15. The van der Waals surface area contributed by atoms with E-state index in [9.17, 15) is 10.1 Å². The van der Waals surface area contributed by atoms with Crippen molar-refractivity contribution < 1.29 is 19.0 Å². The van der Waals surface area contributed by atoms with Gasteiger partial charge in [-0.2, -0.15) is 5.26 Å². The molecule has 3 aromatic carbocycles. The van der Waals surface area contributed by atoms with Gasteiger partial charge in [0.15, 0.2) is 0 Å². The minimum atomic E-state index is 0.0435. The average molecular weight is 754 g/mol. The zero-order valence-electron chi connectivity index (χ0n) is 31.0. The van der Waals surface area contributed by atoms with Gasteiger partial charge in [-0.1, -0.05) is 41.9 Å². The largest absolute Gasteiger partial charge is 0.493 e. The Balaban J connectivity index is 1.25. The second kappa shape index (κ2) is 19.5. The van der Waals surface area contributed by atoms with Crippen LogP contribution in [0, 0.1) is 25.2 Å². The molecular weight excluding hydrogens is 706 g/mol. The molecule has 284 valence electrons. The molecule has 0 aliphatic carbocycles. The van der Waals surface area contributed by atoms with E-state index in [2.05, 4.69) is 63.1 Å². The average Bonchev–Trinajstić information content (AvgIpc) is 3.17. The number of ether oxygens (including phenoxy) is 3. The number of amides is 1. The summed E-state index contributed by atoms with van der Waals surface area (Å²) in [6.07, 6.45) is 6.03. The molecule has 0 saturated carbocycles. The molecule has 7 N–H and O–H groups in total. The molecule has 1 amide bonds. The number of hydrazine groups is 1. The molecule has 2 heterocycles. The van der Waals surface area contributed by atoms with E-state index >= 15 is 0 Å². The number of aromatic nitrogens is 1. The SMILES string of the molecule is CC(=O)NC1CCN(CCCOc2cccc(-c3cccc(COc4cc(OCc5cncc(C#N)c5)c(CN/C(=N/N)NN)cc4Cl)c3C)c2C)CC1. The van der Waals surface area contributed by atoms with E-state index in [4.69, 9.17) is 37.5 Å². The van der Waals surface area contributed by atoms with E-state index in [1.807, 2.05) is 24.3 Å². The minimum absolute atomic E-state index is 0.0435. The lowest BCUT2D eigenvalue weighted by molar-refractivity contribution is -0.119. The van der Waals surface area contributed by atoms with Crippen LogP contribution >= 0.6 is 11.6 Å². The molecule has 14 heteroatoms.